The normalized spacial score (nSPS) is 32.9. The predicted octanol–water partition coefficient (Wildman–Crippen LogP) is -0.258. The molecule has 2 saturated heterocycles. The van der Waals surface area contributed by atoms with Crippen molar-refractivity contribution in [3.63, 3.8) is 0 Å². The van der Waals surface area contributed by atoms with E-state index in [4.69, 9.17) is 5.73 Å². The van der Waals surface area contributed by atoms with E-state index < -0.39 is 23.9 Å². The lowest BCUT2D eigenvalue weighted by Gasteiger charge is -2.44. The predicted molar refractivity (Wildman–Crippen MR) is 95.8 cm³/mol. The smallest absolute Gasteiger partial charge is 0.353 e. The molecule has 9 heteroatoms. The van der Waals surface area contributed by atoms with Gasteiger partial charge in [-0.25, -0.2) is 4.79 Å². The molecule has 3 rings (SSSR count). The number of nitrogens with two attached hydrogens (primary N) is 1. The topological polar surface area (TPSA) is 124 Å². The average Bonchev–Trinajstić information content (AvgIpc) is 3.03. The zero-order valence-electron chi connectivity index (χ0n) is 14.7. The highest BCUT2D eigenvalue weighted by molar-refractivity contribution is 8.03. The maximum atomic E-state index is 12.2. The van der Waals surface area contributed by atoms with E-state index >= 15 is 0 Å². The molecule has 26 heavy (non-hydrogen) atoms. The van der Waals surface area contributed by atoms with Gasteiger partial charge in [0.05, 0.1) is 18.1 Å². The molecule has 0 aliphatic carbocycles. The van der Waals surface area contributed by atoms with Crippen LogP contribution in [0.4, 0.5) is 0 Å². The highest BCUT2D eigenvalue weighted by Crippen LogP contribution is 2.49. The van der Waals surface area contributed by atoms with Gasteiger partial charge >= 0.3 is 5.97 Å². The highest BCUT2D eigenvalue weighted by atomic mass is 32.2. The van der Waals surface area contributed by atoms with Crippen LogP contribution in [0.3, 0.4) is 0 Å². The van der Waals surface area contributed by atoms with Crippen LogP contribution in [0.5, 0.6) is 0 Å². The van der Waals surface area contributed by atoms with Crippen LogP contribution in [0.2, 0.25) is 0 Å². The molecule has 142 valence electrons. The number of carboxylic acids is 1. The Kier molecular flexibility index (Phi) is 5.14. The lowest BCUT2D eigenvalue weighted by Crippen LogP contribution is -2.61. The lowest BCUT2D eigenvalue weighted by molar-refractivity contribution is -0.161. The maximum absolute atomic E-state index is 12.2. The van der Waals surface area contributed by atoms with Gasteiger partial charge in [0.25, 0.3) is 0 Å². The Labute approximate surface area is 155 Å². The minimum Gasteiger partial charge on any atom is -0.477 e. The van der Waals surface area contributed by atoms with Crippen LogP contribution in [-0.2, 0) is 14.4 Å². The van der Waals surface area contributed by atoms with E-state index in [1.54, 1.807) is 13.0 Å². The number of amides is 2. The molecule has 0 bridgehead atoms. The number of carbonyl (C=O) groups excluding carboxylic acids is 2. The summed E-state index contributed by atoms with van der Waals surface area (Å²) in [7, 11) is 1.94. The van der Waals surface area contributed by atoms with Crippen molar-refractivity contribution in [3.05, 3.63) is 22.8 Å². The fourth-order valence-corrected chi connectivity index (χ4v) is 5.60. The van der Waals surface area contributed by atoms with Crippen LogP contribution in [0.1, 0.15) is 19.8 Å². The molecule has 0 radical (unpaired) electrons. The Morgan fingerprint density at radius 2 is 2.12 bits per heavy atom. The number of aliphatic hydroxyl groups is 1. The molecular weight excluding hydrogens is 358 g/mol. The van der Waals surface area contributed by atoms with Gasteiger partial charge in [-0.2, -0.15) is 0 Å². The minimum absolute atomic E-state index is 0.0562. The van der Waals surface area contributed by atoms with Crippen molar-refractivity contribution >= 4 is 29.5 Å². The standard InChI is InChI=1S/C17H23N3O5S/c1-8(21)14-11-6-12(15(17(24)25)20(11)16(14)23)26-10-5-9(19(2)7-10)3-4-13(18)22/h3-4,8-11,14,21H,5-7H2,1-2H3,(H2,18,22)(H,24,25)/b4-3+/t8-,9-,10+,11-,14-/m1/s1. The highest BCUT2D eigenvalue weighted by Gasteiger charge is 2.57. The molecule has 3 heterocycles. The first kappa shape index (κ1) is 18.9. The quantitative estimate of drug-likeness (QED) is 0.428. The molecule has 0 unspecified atom stereocenters. The number of rotatable bonds is 6. The SMILES string of the molecule is C[C@@H](O)[C@H]1C(=O)N2C(C(=O)O)=C(S[C@H]3C[C@@H](/C=C/C(N)=O)N(C)C3)C[C@H]12. The van der Waals surface area contributed by atoms with Crippen molar-refractivity contribution in [1.29, 1.82) is 0 Å². The number of β-lactam (4-membered cyclic amide) rings is 1. The van der Waals surface area contributed by atoms with E-state index in [0.29, 0.717) is 11.3 Å². The molecule has 0 spiro atoms. The second-order valence-electron chi connectivity index (χ2n) is 7.07. The molecule has 0 aromatic heterocycles. The van der Waals surface area contributed by atoms with Crippen molar-refractivity contribution in [1.82, 2.24) is 9.80 Å². The third kappa shape index (κ3) is 3.26. The fourth-order valence-electron chi connectivity index (χ4n) is 4.03. The summed E-state index contributed by atoms with van der Waals surface area (Å²) in [6.45, 7) is 2.31. The van der Waals surface area contributed by atoms with Crippen LogP contribution in [0, 0.1) is 5.92 Å². The number of thioether (sulfide) groups is 1. The number of hydrogen-bond donors (Lipinski definition) is 3. The maximum Gasteiger partial charge on any atom is 0.353 e. The number of aliphatic hydroxyl groups excluding tert-OH is 1. The first-order chi connectivity index (χ1) is 12.2. The van der Waals surface area contributed by atoms with E-state index in [-0.39, 0.29) is 28.9 Å². The summed E-state index contributed by atoms with van der Waals surface area (Å²) in [6, 6.07) is -0.194. The Morgan fingerprint density at radius 3 is 2.69 bits per heavy atom. The second kappa shape index (κ2) is 7.05. The number of carbonyl (C=O) groups is 3. The van der Waals surface area contributed by atoms with Crippen molar-refractivity contribution in [2.45, 2.75) is 43.2 Å². The molecule has 8 nitrogen and oxygen atoms in total. The van der Waals surface area contributed by atoms with Gasteiger partial charge in [0.2, 0.25) is 11.8 Å². The van der Waals surface area contributed by atoms with Crippen molar-refractivity contribution < 1.29 is 24.6 Å². The van der Waals surface area contributed by atoms with Crippen molar-refractivity contribution in [2.24, 2.45) is 11.7 Å². The van der Waals surface area contributed by atoms with Gasteiger partial charge in [0.15, 0.2) is 0 Å². The number of likely N-dealkylation sites (tertiary alicyclic amines) is 1. The molecule has 0 saturated carbocycles. The van der Waals surface area contributed by atoms with E-state index in [0.717, 1.165) is 13.0 Å². The molecule has 4 N–H and O–H groups in total. The fraction of sp³-hybridized carbons (Fsp3) is 0.588. The molecular formula is C17H23N3O5S. The molecule has 0 aromatic rings. The van der Waals surface area contributed by atoms with E-state index in [9.17, 15) is 24.6 Å². The van der Waals surface area contributed by atoms with Crippen LogP contribution in [0.25, 0.3) is 0 Å². The van der Waals surface area contributed by atoms with E-state index in [1.165, 1.54) is 22.7 Å². The third-order valence-electron chi connectivity index (χ3n) is 5.24. The Balaban J connectivity index is 1.73. The number of hydrogen-bond acceptors (Lipinski definition) is 6. The Morgan fingerprint density at radius 1 is 1.42 bits per heavy atom. The monoisotopic (exact) mass is 381 g/mol. The first-order valence-corrected chi connectivity index (χ1v) is 9.40. The second-order valence-corrected chi connectivity index (χ2v) is 8.46. The molecule has 3 aliphatic heterocycles. The summed E-state index contributed by atoms with van der Waals surface area (Å²) in [5.74, 6) is -2.44. The van der Waals surface area contributed by atoms with E-state index in [2.05, 4.69) is 4.90 Å². The molecule has 2 fully saturated rings. The van der Waals surface area contributed by atoms with E-state index in [1.807, 2.05) is 7.05 Å². The third-order valence-corrected chi connectivity index (χ3v) is 6.56. The van der Waals surface area contributed by atoms with Crippen LogP contribution in [0.15, 0.2) is 22.8 Å². The van der Waals surface area contributed by atoms with Gasteiger partial charge in [-0.05, 0) is 20.4 Å². The number of primary amides is 1. The number of likely N-dealkylation sites (N-methyl/N-ethyl adjacent to an activating group) is 1. The summed E-state index contributed by atoms with van der Waals surface area (Å²) in [4.78, 5) is 39.0. The van der Waals surface area contributed by atoms with Crippen LogP contribution in [-0.4, -0.2) is 74.8 Å². The number of nitrogens with zero attached hydrogens (tertiary/aromatic N) is 2. The van der Waals surface area contributed by atoms with Crippen molar-refractivity contribution in [2.75, 3.05) is 13.6 Å². The van der Waals surface area contributed by atoms with Gasteiger partial charge in [-0.1, -0.05) is 6.08 Å². The Hall–Kier alpha value is -1.84. The Bertz CT molecular complexity index is 705. The van der Waals surface area contributed by atoms with Gasteiger partial charge in [0.1, 0.15) is 5.70 Å². The number of carboxylic acid groups (broad SMARTS) is 1. The van der Waals surface area contributed by atoms with Gasteiger partial charge < -0.3 is 20.8 Å². The molecule has 2 amide bonds. The van der Waals surface area contributed by atoms with Gasteiger partial charge in [0, 0.05) is 35.2 Å². The molecule has 5 atom stereocenters. The molecule has 0 aromatic carbocycles. The lowest BCUT2D eigenvalue weighted by atomic mass is 9.83. The summed E-state index contributed by atoms with van der Waals surface area (Å²) in [6.07, 6.45) is 3.56. The number of fused-ring (bicyclic) bond motifs is 1. The zero-order valence-corrected chi connectivity index (χ0v) is 15.5. The van der Waals surface area contributed by atoms with Crippen LogP contribution >= 0.6 is 11.8 Å². The summed E-state index contributed by atoms with van der Waals surface area (Å²) in [5.41, 5.74) is 5.20. The summed E-state index contributed by atoms with van der Waals surface area (Å²) < 4.78 is 0. The van der Waals surface area contributed by atoms with Crippen LogP contribution < -0.4 is 5.73 Å². The molecule has 3 aliphatic rings. The summed E-state index contributed by atoms with van der Waals surface area (Å²) in [5, 5.41) is 19.5. The van der Waals surface area contributed by atoms with Gasteiger partial charge in [-0.3, -0.25) is 14.5 Å². The zero-order chi connectivity index (χ0) is 19.2. The number of aliphatic carboxylic acids is 1. The van der Waals surface area contributed by atoms with Gasteiger partial charge in [-0.15, -0.1) is 11.8 Å². The summed E-state index contributed by atoms with van der Waals surface area (Å²) >= 11 is 1.49. The minimum atomic E-state index is -1.11. The average molecular weight is 381 g/mol. The largest absolute Gasteiger partial charge is 0.477 e. The first-order valence-electron chi connectivity index (χ1n) is 8.52. The van der Waals surface area contributed by atoms with Crippen molar-refractivity contribution in [3.8, 4) is 0 Å².